The molecule has 10 nitrogen and oxygen atoms in total. The highest BCUT2D eigenvalue weighted by Crippen LogP contribution is 2.22. The summed E-state index contributed by atoms with van der Waals surface area (Å²) in [6.07, 6.45) is 0. The number of anilines is 2. The number of primary sulfonamides is 2. The quantitative estimate of drug-likeness (QED) is 0.296. The molecule has 0 unspecified atom stereocenters. The minimum Gasteiger partial charge on any atom is -0.325 e. The van der Waals surface area contributed by atoms with Crippen molar-refractivity contribution in [3.8, 4) is 0 Å². The van der Waals surface area contributed by atoms with Gasteiger partial charge >= 0.3 is 0 Å². The summed E-state index contributed by atoms with van der Waals surface area (Å²) >= 11 is 0. The molecule has 0 spiro atoms. The number of nitrogens with two attached hydrogens (primary N) is 2. The van der Waals surface area contributed by atoms with Crippen LogP contribution in [-0.2, 0) is 29.6 Å². The lowest BCUT2D eigenvalue weighted by Gasteiger charge is -2.07. The SMILES string of the molecule is NS(=O)(=O)c1ccc(NC(=O)CSSCC(=O)Nc2ccc(S(N)(=O)=O)cc2)cc1. The third kappa shape index (κ3) is 7.97. The summed E-state index contributed by atoms with van der Waals surface area (Å²) in [5.41, 5.74) is 0.831. The number of rotatable bonds is 9. The number of hydrogen-bond acceptors (Lipinski definition) is 8. The van der Waals surface area contributed by atoms with Crippen LogP contribution in [0.3, 0.4) is 0 Å². The molecule has 0 saturated heterocycles. The van der Waals surface area contributed by atoms with Crippen LogP contribution in [0.1, 0.15) is 0 Å². The minimum absolute atomic E-state index is 0.0595. The first-order valence-electron chi connectivity index (χ1n) is 8.05. The highest BCUT2D eigenvalue weighted by atomic mass is 33.1. The molecule has 2 aromatic rings. The predicted octanol–water partition coefficient (Wildman–Crippen LogP) is 0.940. The van der Waals surface area contributed by atoms with Crippen LogP contribution >= 0.6 is 21.6 Å². The zero-order valence-electron chi connectivity index (χ0n) is 15.3. The van der Waals surface area contributed by atoms with Crippen molar-refractivity contribution in [3.05, 3.63) is 48.5 Å². The van der Waals surface area contributed by atoms with Crippen molar-refractivity contribution in [1.29, 1.82) is 0 Å². The Balaban J connectivity index is 1.71. The Kier molecular flexibility index (Phi) is 8.28. The van der Waals surface area contributed by atoms with Crippen LogP contribution in [0.25, 0.3) is 0 Å². The van der Waals surface area contributed by atoms with E-state index < -0.39 is 20.0 Å². The van der Waals surface area contributed by atoms with Gasteiger partial charge in [-0.15, -0.1) is 0 Å². The van der Waals surface area contributed by atoms with Gasteiger partial charge in [-0.2, -0.15) is 0 Å². The van der Waals surface area contributed by atoms with Crippen molar-refractivity contribution in [2.75, 3.05) is 22.1 Å². The van der Waals surface area contributed by atoms with Crippen LogP contribution in [0, 0.1) is 0 Å². The van der Waals surface area contributed by atoms with E-state index in [1.807, 2.05) is 0 Å². The first-order valence-corrected chi connectivity index (χ1v) is 13.6. The lowest BCUT2D eigenvalue weighted by atomic mass is 10.3. The Bertz CT molecular complexity index is 1030. The number of nitrogens with one attached hydrogen (secondary N) is 2. The van der Waals surface area contributed by atoms with Gasteiger partial charge in [-0.3, -0.25) is 9.59 Å². The van der Waals surface area contributed by atoms with Crippen molar-refractivity contribution in [1.82, 2.24) is 0 Å². The van der Waals surface area contributed by atoms with E-state index in [1.54, 1.807) is 0 Å². The molecule has 0 fully saturated rings. The Morgan fingerprint density at radius 1 is 0.667 bits per heavy atom. The number of carbonyl (C=O) groups is 2. The van der Waals surface area contributed by atoms with Crippen LogP contribution in [0.2, 0.25) is 0 Å². The molecule has 6 N–H and O–H groups in total. The maximum Gasteiger partial charge on any atom is 0.238 e. The molecule has 0 aliphatic rings. The molecule has 0 bridgehead atoms. The zero-order chi connectivity index (χ0) is 22.4. The Hall–Kier alpha value is -2.10. The van der Waals surface area contributed by atoms with Crippen molar-refractivity contribution in [3.63, 3.8) is 0 Å². The van der Waals surface area contributed by atoms with Gasteiger partial charge in [-0.05, 0) is 48.5 Å². The standard InChI is InChI=1S/C16H18N4O6S4/c17-29(23,24)13-5-1-11(2-6-13)19-15(21)9-27-28-10-16(22)20-12-3-7-14(8-4-12)30(18,25)26/h1-8H,9-10H2,(H,19,21)(H,20,22)(H2,17,23,24)(H2,18,25,26). The van der Waals surface area contributed by atoms with E-state index in [9.17, 15) is 26.4 Å². The van der Waals surface area contributed by atoms with E-state index in [0.29, 0.717) is 11.4 Å². The Morgan fingerprint density at radius 2 is 0.967 bits per heavy atom. The molecular weight excluding hydrogens is 472 g/mol. The fourth-order valence-corrected chi connectivity index (χ4v) is 4.74. The monoisotopic (exact) mass is 490 g/mol. The second-order valence-corrected chi connectivity index (χ2v) is 11.3. The topological polar surface area (TPSA) is 179 Å². The molecule has 2 aromatic carbocycles. The fraction of sp³-hybridized carbons (Fsp3) is 0.125. The van der Waals surface area contributed by atoms with E-state index in [0.717, 1.165) is 21.6 Å². The third-order valence-electron chi connectivity index (χ3n) is 3.40. The molecule has 0 radical (unpaired) electrons. The maximum absolute atomic E-state index is 11.9. The van der Waals surface area contributed by atoms with Gasteiger partial charge in [0.2, 0.25) is 31.9 Å². The van der Waals surface area contributed by atoms with E-state index in [1.165, 1.54) is 48.5 Å². The normalized spacial score (nSPS) is 11.7. The van der Waals surface area contributed by atoms with Gasteiger partial charge < -0.3 is 10.6 Å². The van der Waals surface area contributed by atoms with Crippen molar-refractivity contribution < 1.29 is 26.4 Å². The molecule has 0 saturated carbocycles. The second-order valence-electron chi connectivity index (χ2n) is 5.76. The molecule has 0 aromatic heterocycles. The summed E-state index contributed by atoms with van der Waals surface area (Å²) < 4.78 is 44.8. The summed E-state index contributed by atoms with van der Waals surface area (Å²) in [7, 11) is -5.26. The number of hydrogen-bond donors (Lipinski definition) is 4. The van der Waals surface area contributed by atoms with Gasteiger partial charge in [0.25, 0.3) is 0 Å². The molecular formula is C16H18N4O6S4. The van der Waals surface area contributed by atoms with Crippen LogP contribution in [0.4, 0.5) is 11.4 Å². The van der Waals surface area contributed by atoms with Crippen LogP contribution in [0.5, 0.6) is 0 Å². The summed E-state index contributed by atoms with van der Waals surface area (Å²) in [5, 5.41) is 15.2. The fourth-order valence-electron chi connectivity index (χ4n) is 2.04. The van der Waals surface area contributed by atoms with Crippen LogP contribution in [-0.4, -0.2) is 40.2 Å². The molecule has 0 heterocycles. The third-order valence-corrected chi connectivity index (χ3v) is 7.39. The molecule has 0 aliphatic carbocycles. The Morgan fingerprint density at radius 3 is 1.23 bits per heavy atom. The number of sulfonamides is 2. The molecule has 30 heavy (non-hydrogen) atoms. The highest BCUT2D eigenvalue weighted by molar-refractivity contribution is 8.77. The lowest BCUT2D eigenvalue weighted by molar-refractivity contribution is -0.114. The Labute approximate surface area is 181 Å². The molecule has 0 aliphatic heterocycles. The van der Waals surface area contributed by atoms with Gasteiger partial charge in [0, 0.05) is 11.4 Å². The summed E-state index contributed by atoms with van der Waals surface area (Å²) in [4.78, 5) is 23.7. The first kappa shape index (κ1) is 24.2. The zero-order valence-corrected chi connectivity index (χ0v) is 18.5. The number of amides is 2. The average Bonchev–Trinajstić information content (AvgIpc) is 2.65. The summed E-state index contributed by atoms with van der Waals surface area (Å²) in [5.74, 6) is -0.514. The molecule has 2 rings (SSSR count). The van der Waals surface area contributed by atoms with E-state index >= 15 is 0 Å². The molecule has 0 atom stereocenters. The van der Waals surface area contributed by atoms with Crippen LogP contribution in [0.15, 0.2) is 58.3 Å². The van der Waals surface area contributed by atoms with Gasteiger partial charge in [-0.1, -0.05) is 21.6 Å². The molecule has 2 amide bonds. The van der Waals surface area contributed by atoms with Gasteiger partial charge in [0.05, 0.1) is 21.3 Å². The maximum atomic E-state index is 11.9. The largest absolute Gasteiger partial charge is 0.325 e. The summed E-state index contributed by atoms with van der Waals surface area (Å²) in [6.45, 7) is 0. The smallest absolute Gasteiger partial charge is 0.238 e. The summed E-state index contributed by atoms with van der Waals surface area (Å²) in [6, 6.07) is 10.8. The van der Waals surface area contributed by atoms with Gasteiger partial charge in [0.15, 0.2) is 0 Å². The van der Waals surface area contributed by atoms with Gasteiger partial charge in [-0.25, -0.2) is 27.1 Å². The van der Waals surface area contributed by atoms with Crippen LogP contribution < -0.4 is 20.9 Å². The lowest BCUT2D eigenvalue weighted by Crippen LogP contribution is -2.16. The van der Waals surface area contributed by atoms with Crippen molar-refractivity contribution in [2.45, 2.75) is 9.79 Å². The van der Waals surface area contributed by atoms with E-state index in [2.05, 4.69) is 10.6 Å². The van der Waals surface area contributed by atoms with Crippen molar-refractivity contribution in [2.24, 2.45) is 10.3 Å². The van der Waals surface area contributed by atoms with Gasteiger partial charge in [0.1, 0.15) is 0 Å². The molecule has 14 heteroatoms. The molecule has 162 valence electrons. The van der Waals surface area contributed by atoms with Crippen molar-refractivity contribution >= 4 is 64.8 Å². The highest BCUT2D eigenvalue weighted by Gasteiger charge is 2.10. The number of benzene rings is 2. The van der Waals surface area contributed by atoms with E-state index in [-0.39, 0.29) is 33.1 Å². The van der Waals surface area contributed by atoms with E-state index in [4.69, 9.17) is 10.3 Å². The second kappa shape index (κ2) is 10.3. The minimum atomic E-state index is -3.80. The number of carbonyl (C=O) groups excluding carboxylic acids is 2. The predicted molar refractivity (Wildman–Crippen MR) is 118 cm³/mol. The first-order chi connectivity index (χ1) is 13.9. The average molecular weight is 491 g/mol.